The fourth-order valence-corrected chi connectivity index (χ4v) is 5.63. The van der Waals surface area contributed by atoms with E-state index in [0.29, 0.717) is 77.3 Å². The minimum atomic E-state index is -0.978. The van der Waals surface area contributed by atoms with Crippen molar-refractivity contribution in [1.29, 1.82) is 0 Å². The Balaban J connectivity index is 2.14. The van der Waals surface area contributed by atoms with Crippen molar-refractivity contribution in [2.75, 3.05) is 26.2 Å². The van der Waals surface area contributed by atoms with Crippen LogP contribution in [0.5, 0.6) is 0 Å². The Morgan fingerprint density at radius 2 is 1.32 bits per heavy atom. The summed E-state index contributed by atoms with van der Waals surface area (Å²) in [7, 11) is 0. The second kappa shape index (κ2) is 18.0. The predicted octanol–water partition coefficient (Wildman–Crippen LogP) is -2.38. The molecular weight excluding hydrogens is 570 g/mol. The Morgan fingerprint density at radius 3 is 1.82 bits per heavy atom. The number of nitrogens with one attached hydrogen (secondary N) is 2. The van der Waals surface area contributed by atoms with Crippen molar-refractivity contribution >= 4 is 41.8 Å². The van der Waals surface area contributed by atoms with Crippen molar-refractivity contribution in [2.45, 2.75) is 102 Å². The summed E-state index contributed by atoms with van der Waals surface area (Å²) in [6.45, 7) is 5.21. The van der Waals surface area contributed by atoms with E-state index in [2.05, 4.69) is 20.6 Å². The molecule has 2 rings (SSSR count). The van der Waals surface area contributed by atoms with E-state index in [0.717, 1.165) is 0 Å². The van der Waals surface area contributed by atoms with E-state index in [1.54, 1.807) is 0 Å². The van der Waals surface area contributed by atoms with Crippen LogP contribution >= 0.6 is 0 Å². The van der Waals surface area contributed by atoms with Crippen LogP contribution in [-0.4, -0.2) is 108 Å². The minimum Gasteiger partial charge on any atom is -0.370 e. The highest BCUT2D eigenvalue weighted by Crippen LogP contribution is 2.23. The number of rotatable bonds is 17. The van der Waals surface area contributed by atoms with E-state index >= 15 is 0 Å². The first-order valence-corrected chi connectivity index (χ1v) is 15.4. The third kappa shape index (κ3) is 11.3. The number of guanidine groups is 2. The molecule has 0 spiro atoms. The average molecular weight is 622 g/mol. The van der Waals surface area contributed by atoms with E-state index in [9.17, 15) is 24.0 Å². The number of carbonyl (C=O) groups is 5. The van der Waals surface area contributed by atoms with Crippen molar-refractivity contribution < 1.29 is 24.0 Å². The first kappa shape index (κ1) is 36.2. The lowest BCUT2D eigenvalue weighted by Crippen LogP contribution is -2.57. The quantitative estimate of drug-likeness (QED) is 0.0392. The highest BCUT2D eigenvalue weighted by Gasteiger charge is 2.41. The number of nitrogens with two attached hydrogens (primary N) is 5. The van der Waals surface area contributed by atoms with Crippen molar-refractivity contribution in [2.24, 2.45) is 44.6 Å². The molecule has 16 nitrogen and oxygen atoms in total. The van der Waals surface area contributed by atoms with E-state index < -0.39 is 47.9 Å². The zero-order valence-electron chi connectivity index (χ0n) is 26.0. The maximum Gasteiger partial charge on any atom is 0.245 e. The molecule has 2 heterocycles. The van der Waals surface area contributed by atoms with Crippen molar-refractivity contribution in [3.63, 3.8) is 0 Å². The van der Waals surface area contributed by atoms with Crippen LogP contribution < -0.4 is 39.3 Å². The van der Waals surface area contributed by atoms with Gasteiger partial charge in [-0.15, -0.1) is 0 Å². The van der Waals surface area contributed by atoms with Crippen LogP contribution in [0.4, 0.5) is 0 Å². The van der Waals surface area contributed by atoms with Gasteiger partial charge in [-0.1, -0.05) is 13.8 Å². The fraction of sp³-hybridized carbons (Fsp3) is 0.750. The normalized spacial score (nSPS) is 20.0. The summed E-state index contributed by atoms with van der Waals surface area (Å²) >= 11 is 0. The largest absolute Gasteiger partial charge is 0.370 e. The van der Waals surface area contributed by atoms with Crippen LogP contribution in [0.1, 0.15) is 71.6 Å². The number of likely N-dealkylation sites (tertiary alicyclic amines) is 2. The molecule has 2 fully saturated rings. The Labute approximate surface area is 258 Å². The average Bonchev–Trinajstić information content (AvgIpc) is 3.65. The van der Waals surface area contributed by atoms with E-state index in [1.807, 2.05) is 13.8 Å². The van der Waals surface area contributed by atoms with E-state index in [1.165, 1.54) is 9.80 Å². The first-order valence-electron chi connectivity index (χ1n) is 15.4. The molecule has 2 aliphatic heterocycles. The monoisotopic (exact) mass is 621 g/mol. The predicted molar refractivity (Wildman–Crippen MR) is 167 cm³/mol. The van der Waals surface area contributed by atoms with E-state index in [4.69, 9.17) is 28.7 Å². The van der Waals surface area contributed by atoms with Gasteiger partial charge in [0.25, 0.3) is 0 Å². The van der Waals surface area contributed by atoms with Gasteiger partial charge in [0.05, 0.1) is 12.1 Å². The molecule has 0 radical (unpaired) electrons. The molecular formula is C28H51N11O5. The van der Waals surface area contributed by atoms with Gasteiger partial charge in [0.1, 0.15) is 24.4 Å². The molecule has 0 aromatic heterocycles. The van der Waals surface area contributed by atoms with Crippen LogP contribution in [-0.2, 0) is 24.0 Å². The molecule has 5 atom stereocenters. The molecule has 2 aliphatic rings. The number of hydrogen-bond acceptors (Lipinski definition) is 8. The van der Waals surface area contributed by atoms with E-state index in [-0.39, 0.29) is 36.7 Å². The smallest absolute Gasteiger partial charge is 0.245 e. The number of hydrogen-bond donors (Lipinski definition) is 7. The van der Waals surface area contributed by atoms with Crippen molar-refractivity contribution in [3.8, 4) is 0 Å². The maximum absolute atomic E-state index is 13.9. The molecule has 0 aromatic rings. The van der Waals surface area contributed by atoms with Crippen molar-refractivity contribution in [3.05, 3.63) is 0 Å². The van der Waals surface area contributed by atoms with Gasteiger partial charge in [-0.3, -0.25) is 29.2 Å². The van der Waals surface area contributed by atoms with Crippen LogP contribution in [0.25, 0.3) is 0 Å². The molecule has 0 bridgehead atoms. The van der Waals surface area contributed by atoms with Gasteiger partial charge in [0, 0.05) is 26.2 Å². The second-order valence-corrected chi connectivity index (χ2v) is 11.8. The van der Waals surface area contributed by atoms with Crippen molar-refractivity contribution in [1.82, 2.24) is 20.4 Å². The number of aliphatic imine (C=N–C) groups is 2. The summed E-state index contributed by atoms with van der Waals surface area (Å²) in [6.07, 6.45) is 4.60. The first-order chi connectivity index (χ1) is 20.8. The minimum absolute atomic E-state index is 0.0568. The topological polar surface area (TPSA) is 271 Å². The molecule has 4 amide bonds. The van der Waals surface area contributed by atoms with Gasteiger partial charge in [0.15, 0.2) is 11.9 Å². The molecule has 12 N–H and O–H groups in total. The Kier molecular flexibility index (Phi) is 14.8. The summed E-state index contributed by atoms with van der Waals surface area (Å²) < 4.78 is 0. The summed E-state index contributed by atoms with van der Waals surface area (Å²) in [5, 5.41) is 5.56. The fourth-order valence-electron chi connectivity index (χ4n) is 5.63. The summed E-state index contributed by atoms with van der Waals surface area (Å²) in [6, 6.07) is -4.02. The zero-order chi connectivity index (χ0) is 32.8. The highest BCUT2D eigenvalue weighted by molar-refractivity contribution is 5.95. The summed E-state index contributed by atoms with van der Waals surface area (Å²) in [5.41, 5.74) is 27.7. The van der Waals surface area contributed by atoms with Crippen LogP contribution in [0.2, 0.25) is 0 Å². The zero-order valence-corrected chi connectivity index (χ0v) is 26.0. The van der Waals surface area contributed by atoms with Crippen LogP contribution in [0.15, 0.2) is 9.98 Å². The number of nitrogens with zero attached hydrogens (tertiary/aromatic N) is 4. The Bertz CT molecular complexity index is 1060. The Hall–Kier alpha value is -3.95. The molecule has 248 valence electrons. The molecule has 16 heteroatoms. The van der Waals surface area contributed by atoms with Gasteiger partial charge in [-0.05, 0) is 63.7 Å². The standard InChI is InChI=1S/C28H51N11O5/c1-17(2)15-19(29)25(43)38-13-5-10-22(38)24(42)37-20(8-4-12-35-28(32)33)26(44)39-14-6-9-21(39)23(41)36-18(16-40)7-3-11-34-27(30)31/h16-22H,3-15,29H2,1-2H3,(H,36,41)(H,37,42)(H4,30,31,34)(H4,32,33,35)/t18-,19-,20-,21-,22-/m0/s1. The lowest BCUT2D eigenvalue weighted by atomic mass is 10.0. The lowest BCUT2D eigenvalue weighted by molar-refractivity contribution is -0.144. The highest BCUT2D eigenvalue weighted by atomic mass is 16.2. The summed E-state index contributed by atoms with van der Waals surface area (Å²) in [4.78, 5) is 76.0. The van der Waals surface area contributed by atoms with Crippen LogP contribution in [0, 0.1) is 5.92 Å². The second-order valence-electron chi connectivity index (χ2n) is 11.8. The van der Waals surface area contributed by atoms with Gasteiger partial charge in [-0.2, -0.15) is 0 Å². The number of amides is 4. The molecule has 0 unspecified atom stereocenters. The Morgan fingerprint density at radius 1 is 0.818 bits per heavy atom. The number of carbonyl (C=O) groups excluding carboxylic acids is 5. The third-order valence-corrected chi connectivity index (χ3v) is 7.74. The van der Waals surface area contributed by atoms with Gasteiger partial charge in [-0.25, -0.2) is 0 Å². The molecule has 2 saturated heterocycles. The molecule has 0 aromatic carbocycles. The lowest BCUT2D eigenvalue weighted by Gasteiger charge is -2.31. The number of aldehydes is 1. The van der Waals surface area contributed by atoms with Gasteiger partial charge in [0.2, 0.25) is 23.6 Å². The van der Waals surface area contributed by atoms with Crippen LogP contribution in [0.3, 0.4) is 0 Å². The van der Waals surface area contributed by atoms with Gasteiger partial charge >= 0.3 is 0 Å². The SMILES string of the molecule is CC(C)C[C@H](N)C(=O)N1CCC[C@H]1C(=O)N[C@@H](CCCN=C(N)N)C(=O)N1CCC[C@H]1C(=O)N[C@H](C=O)CCCN=C(N)N. The third-order valence-electron chi connectivity index (χ3n) is 7.74. The van der Waals surface area contributed by atoms with Gasteiger partial charge < -0.3 is 53.9 Å². The molecule has 0 saturated carbocycles. The summed E-state index contributed by atoms with van der Waals surface area (Å²) in [5.74, 6) is -1.54. The maximum atomic E-state index is 13.9. The molecule has 44 heavy (non-hydrogen) atoms. The molecule has 0 aliphatic carbocycles.